The Hall–Kier alpha value is -2.81. The molecule has 0 atom stereocenters. The Morgan fingerprint density at radius 3 is 2.94 bits per heavy atom. The van der Waals surface area contributed by atoms with E-state index in [0.717, 1.165) is 0 Å². The van der Waals surface area contributed by atoms with E-state index in [-0.39, 0.29) is 5.69 Å². The van der Waals surface area contributed by atoms with Crippen molar-refractivity contribution in [2.75, 3.05) is 11.1 Å². The maximum Gasteiger partial charge on any atom is 0.278 e. The summed E-state index contributed by atoms with van der Waals surface area (Å²) in [7, 11) is 0. The van der Waals surface area contributed by atoms with Crippen LogP contribution in [0.3, 0.4) is 0 Å². The maximum atomic E-state index is 11.9. The van der Waals surface area contributed by atoms with Crippen LogP contribution in [0.25, 0.3) is 0 Å². The highest BCUT2D eigenvalue weighted by Gasteiger charge is 2.15. The van der Waals surface area contributed by atoms with Crippen LogP contribution < -0.4 is 11.1 Å². The molecule has 0 bridgehead atoms. The van der Waals surface area contributed by atoms with Crippen molar-refractivity contribution in [3.05, 3.63) is 41.2 Å². The molecule has 0 radical (unpaired) electrons. The van der Waals surface area contributed by atoms with Crippen molar-refractivity contribution in [3.8, 4) is 6.07 Å². The molecule has 0 unspecified atom stereocenters. The lowest BCUT2D eigenvalue weighted by atomic mass is 10.2. The van der Waals surface area contributed by atoms with Crippen LogP contribution >= 0.6 is 0 Å². The fraction of sp³-hybridized carbons (Fsp3) is 0.0833. The molecule has 1 heterocycles. The summed E-state index contributed by atoms with van der Waals surface area (Å²) in [5.74, 6) is -0.410. The fourth-order valence-corrected chi connectivity index (χ4v) is 1.47. The number of aromatic amines is 1. The second-order valence-corrected chi connectivity index (χ2v) is 3.76. The molecule has 2 aromatic rings. The van der Waals surface area contributed by atoms with E-state index < -0.39 is 5.91 Å². The van der Waals surface area contributed by atoms with E-state index >= 15 is 0 Å². The Labute approximate surface area is 103 Å². The molecule has 0 aliphatic heterocycles. The fourth-order valence-electron chi connectivity index (χ4n) is 1.47. The number of aromatic nitrogens is 2. The third-order valence-electron chi connectivity index (χ3n) is 2.46. The quantitative estimate of drug-likeness (QED) is 0.738. The summed E-state index contributed by atoms with van der Waals surface area (Å²) in [6.07, 6.45) is 0. The van der Waals surface area contributed by atoms with E-state index in [1.165, 1.54) is 0 Å². The number of H-pyrrole nitrogens is 1. The zero-order valence-corrected chi connectivity index (χ0v) is 9.69. The highest BCUT2D eigenvalue weighted by atomic mass is 16.2. The molecular weight excluding hydrogens is 230 g/mol. The standard InChI is InChI=1S/C12H11N5O/c1-7-10(14)11(17-16-7)12(18)15-9-4-2-3-8(5-9)6-13/h2-5H,14H2,1H3,(H,15,18)(H,16,17). The van der Waals surface area contributed by atoms with Gasteiger partial charge in [0.1, 0.15) is 0 Å². The first kappa shape index (κ1) is 11.7. The number of carbonyl (C=O) groups is 1. The third-order valence-corrected chi connectivity index (χ3v) is 2.46. The Morgan fingerprint density at radius 2 is 2.33 bits per heavy atom. The van der Waals surface area contributed by atoms with Crippen molar-refractivity contribution in [3.63, 3.8) is 0 Å². The molecule has 0 aliphatic carbocycles. The lowest BCUT2D eigenvalue weighted by molar-refractivity contribution is 0.102. The maximum absolute atomic E-state index is 11.9. The van der Waals surface area contributed by atoms with Crippen LogP contribution in [0.15, 0.2) is 24.3 Å². The van der Waals surface area contributed by atoms with Gasteiger partial charge in [0.05, 0.1) is 23.0 Å². The first-order valence-corrected chi connectivity index (χ1v) is 5.23. The zero-order valence-electron chi connectivity index (χ0n) is 9.69. The Balaban J connectivity index is 2.22. The van der Waals surface area contributed by atoms with E-state index in [9.17, 15) is 4.79 Å². The van der Waals surface area contributed by atoms with Gasteiger partial charge in [-0.05, 0) is 25.1 Å². The number of aryl methyl sites for hydroxylation is 1. The monoisotopic (exact) mass is 241 g/mol. The molecule has 0 aliphatic rings. The molecule has 0 fully saturated rings. The van der Waals surface area contributed by atoms with Gasteiger partial charge >= 0.3 is 0 Å². The number of nitrogens with zero attached hydrogens (tertiary/aromatic N) is 2. The van der Waals surface area contributed by atoms with Crippen molar-refractivity contribution in [2.24, 2.45) is 0 Å². The van der Waals surface area contributed by atoms with Gasteiger partial charge < -0.3 is 11.1 Å². The molecule has 0 saturated carbocycles. The molecule has 2 rings (SSSR count). The Morgan fingerprint density at radius 1 is 1.56 bits per heavy atom. The first-order valence-electron chi connectivity index (χ1n) is 5.23. The van der Waals surface area contributed by atoms with Crippen molar-refractivity contribution in [1.29, 1.82) is 5.26 Å². The molecule has 0 spiro atoms. The van der Waals surface area contributed by atoms with Gasteiger partial charge in [-0.2, -0.15) is 10.4 Å². The summed E-state index contributed by atoms with van der Waals surface area (Å²) in [4.78, 5) is 11.9. The van der Waals surface area contributed by atoms with Gasteiger partial charge in [-0.25, -0.2) is 0 Å². The summed E-state index contributed by atoms with van der Waals surface area (Å²) >= 11 is 0. The van der Waals surface area contributed by atoms with E-state index in [2.05, 4.69) is 15.5 Å². The lowest BCUT2D eigenvalue weighted by Gasteiger charge is -2.03. The molecule has 0 saturated heterocycles. The van der Waals surface area contributed by atoms with Gasteiger partial charge in [0.25, 0.3) is 5.91 Å². The number of nitrogens with one attached hydrogen (secondary N) is 2. The molecule has 90 valence electrons. The van der Waals surface area contributed by atoms with Crippen molar-refractivity contribution >= 4 is 17.3 Å². The number of nitriles is 1. The smallest absolute Gasteiger partial charge is 0.278 e. The van der Waals surface area contributed by atoms with E-state index in [1.807, 2.05) is 6.07 Å². The van der Waals surface area contributed by atoms with E-state index in [4.69, 9.17) is 11.0 Å². The average Bonchev–Trinajstić information content (AvgIpc) is 2.70. The number of hydrogen-bond acceptors (Lipinski definition) is 4. The van der Waals surface area contributed by atoms with Crippen LogP contribution in [0.5, 0.6) is 0 Å². The SMILES string of the molecule is Cc1[nH]nc(C(=O)Nc2cccc(C#N)c2)c1N. The number of carbonyl (C=O) groups excluding carboxylic acids is 1. The highest BCUT2D eigenvalue weighted by Crippen LogP contribution is 2.15. The summed E-state index contributed by atoms with van der Waals surface area (Å²) in [5.41, 5.74) is 7.82. The van der Waals surface area contributed by atoms with E-state index in [1.54, 1.807) is 31.2 Å². The number of benzene rings is 1. The van der Waals surface area contributed by atoms with Crippen LogP contribution in [0, 0.1) is 18.3 Å². The first-order chi connectivity index (χ1) is 8.61. The second kappa shape index (κ2) is 4.59. The normalized spacial score (nSPS) is 9.78. The lowest BCUT2D eigenvalue weighted by Crippen LogP contribution is -2.14. The summed E-state index contributed by atoms with van der Waals surface area (Å²) < 4.78 is 0. The molecule has 1 aromatic heterocycles. The van der Waals surface area contributed by atoms with Crippen LogP contribution in [0.4, 0.5) is 11.4 Å². The Bertz CT molecular complexity index is 638. The number of rotatable bonds is 2. The summed E-state index contributed by atoms with van der Waals surface area (Å²) in [6, 6.07) is 8.61. The number of amides is 1. The van der Waals surface area contributed by atoms with Crippen molar-refractivity contribution < 1.29 is 4.79 Å². The topological polar surface area (TPSA) is 108 Å². The largest absolute Gasteiger partial charge is 0.395 e. The number of nitrogen functional groups attached to an aromatic ring is 1. The van der Waals surface area contributed by atoms with Gasteiger partial charge in [0.2, 0.25) is 0 Å². The number of nitrogens with two attached hydrogens (primary N) is 1. The summed E-state index contributed by atoms with van der Waals surface area (Å²) in [6.45, 7) is 1.73. The predicted octanol–water partition coefficient (Wildman–Crippen LogP) is 1.42. The van der Waals surface area contributed by atoms with E-state index in [0.29, 0.717) is 22.6 Å². The minimum atomic E-state index is -0.410. The third kappa shape index (κ3) is 2.15. The zero-order chi connectivity index (χ0) is 13.1. The summed E-state index contributed by atoms with van der Waals surface area (Å²) in [5, 5.41) is 17.9. The van der Waals surface area contributed by atoms with Gasteiger partial charge in [0, 0.05) is 5.69 Å². The second-order valence-electron chi connectivity index (χ2n) is 3.76. The van der Waals surface area contributed by atoms with Gasteiger partial charge in [-0.15, -0.1) is 0 Å². The minimum Gasteiger partial charge on any atom is -0.395 e. The van der Waals surface area contributed by atoms with Gasteiger partial charge in [-0.1, -0.05) is 6.07 Å². The van der Waals surface area contributed by atoms with Gasteiger partial charge in [0.15, 0.2) is 5.69 Å². The van der Waals surface area contributed by atoms with Crippen LogP contribution in [0.1, 0.15) is 21.7 Å². The highest BCUT2D eigenvalue weighted by molar-refractivity contribution is 6.06. The molecule has 18 heavy (non-hydrogen) atoms. The van der Waals surface area contributed by atoms with Crippen LogP contribution in [-0.2, 0) is 0 Å². The molecular formula is C12H11N5O. The van der Waals surface area contributed by atoms with Crippen LogP contribution in [0.2, 0.25) is 0 Å². The molecule has 1 amide bonds. The van der Waals surface area contributed by atoms with Crippen molar-refractivity contribution in [2.45, 2.75) is 6.92 Å². The molecule has 1 aromatic carbocycles. The van der Waals surface area contributed by atoms with Crippen LogP contribution in [-0.4, -0.2) is 16.1 Å². The number of hydrogen-bond donors (Lipinski definition) is 3. The molecule has 6 heteroatoms. The minimum absolute atomic E-state index is 0.148. The Kier molecular flexibility index (Phi) is 2.98. The molecule has 4 N–H and O–H groups in total. The average molecular weight is 241 g/mol. The van der Waals surface area contributed by atoms with Gasteiger partial charge in [-0.3, -0.25) is 9.89 Å². The molecule has 6 nitrogen and oxygen atoms in total. The van der Waals surface area contributed by atoms with Crippen molar-refractivity contribution in [1.82, 2.24) is 10.2 Å². The predicted molar refractivity (Wildman–Crippen MR) is 66.8 cm³/mol. The number of anilines is 2.